The van der Waals surface area contributed by atoms with Gasteiger partial charge in [0.1, 0.15) is 0 Å². The smallest absolute Gasteiger partial charge is 0.197 e. The maximum absolute atomic E-state index is 9.29. The standard InChI is InChI=1S/Mo.2H3O2PS2.OS/c;2*1-3(2,4)5;1-2/h;2*(H3,1,2,4,5);/p-6. The summed E-state index contributed by atoms with van der Waals surface area (Å²) in [5, 5.41) is 0. The van der Waals surface area contributed by atoms with Gasteiger partial charge in [-0.2, -0.15) is 27.8 Å². The topological polar surface area (TPSA) is 109 Å². The van der Waals surface area contributed by atoms with Gasteiger partial charge in [-0.1, -0.05) is 0 Å². The Morgan fingerprint density at radius 3 is 0.846 bits per heavy atom. The predicted octanol–water partition coefficient (Wildman–Crippen LogP) is -3.38. The van der Waals surface area contributed by atoms with Crippen molar-refractivity contribution in [1.82, 2.24) is 0 Å². The van der Waals surface area contributed by atoms with Gasteiger partial charge < -0.3 is 55.5 Å². The number of rotatable bonds is 0. The van der Waals surface area contributed by atoms with Crippen molar-refractivity contribution in [3.05, 3.63) is 0 Å². The van der Waals surface area contributed by atoms with Gasteiger partial charge in [0.15, 0.2) is 12.5 Å². The van der Waals surface area contributed by atoms with Crippen molar-refractivity contribution in [3.8, 4) is 0 Å². The number of hydrogen-bond acceptors (Lipinski definition) is 10. The van der Waals surface area contributed by atoms with Crippen LogP contribution >= 0.6 is 11.4 Å². The molecule has 13 heavy (non-hydrogen) atoms. The van der Waals surface area contributed by atoms with Crippen LogP contribution in [0.1, 0.15) is 0 Å². The maximum atomic E-state index is 9.29. The van der Waals surface area contributed by atoms with Crippen LogP contribution in [-0.4, -0.2) is 4.21 Å². The second-order valence-corrected chi connectivity index (χ2v) is 9.84. The monoisotopic (exact) mass is 400 g/mol. The Morgan fingerprint density at radius 2 is 0.846 bits per heavy atom. The van der Waals surface area contributed by atoms with Crippen molar-refractivity contribution < 1.29 is 44.8 Å². The Bertz CT molecular complexity index is 147. The van der Waals surface area contributed by atoms with E-state index in [1.54, 1.807) is 0 Å². The molecule has 0 radical (unpaired) electrons. The fourth-order valence-electron chi connectivity index (χ4n) is 0. The average Bonchev–Trinajstić information content (AvgIpc) is 1.59. The largest absolute Gasteiger partial charge is 0.850 e. The summed E-state index contributed by atoms with van der Waals surface area (Å²) in [7, 11) is 0. The summed E-state index contributed by atoms with van der Waals surface area (Å²) in [6, 6.07) is 0. The zero-order valence-electron chi connectivity index (χ0n) is 5.39. The Morgan fingerprint density at radius 1 is 0.846 bits per heavy atom. The van der Waals surface area contributed by atoms with Crippen molar-refractivity contribution in [2.24, 2.45) is 0 Å². The van der Waals surface area contributed by atoms with Crippen molar-refractivity contribution in [1.29, 1.82) is 0 Å². The minimum absolute atomic E-state index is 0. The summed E-state index contributed by atoms with van der Waals surface area (Å²) >= 11 is 17.4. The molecule has 13 heteroatoms. The van der Waals surface area contributed by atoms with Gasteiger partial charge in [0.25, 0.3) is 0 Å². The zero-order chi connectivity index (χ0) is 11.0. The van der Waals surface area contributed by atoms with Gasteiger partial charge in [-0.3, -0.25) is 0 Å². The minimum Gasteiger partial charge on any atom is -0.850 e. The molecule has 0 aromatic carbocycles. The summed E-state index contributed by atoms with van der Waals surface area (Å²) in [6.07, 6.45) is 0. The van der Waals surface area contributed by atoms with Crippen LogP contribution in [0, 0.1) is 0 Å². The molecule has 0 bridgehead atoms. The first-order valence-corrected chi connectivity index (χ1v) is 9.26. The molecule has 0 spiro atoms. The SMILES string of the molecule is O=S.[Mo].[O-]P([O-])(=S)[S-].[O-]P([O-])(=S)[S-]. The molecule has 0 saturated heterocycles. The molecule has 0 aliphatic heterocycles. The van der Waals surface area contributed by atoms with E-state index in [2.05, 4.69) is 60.6 Å². The van der Waals surface area contributed by atoms with E-state index in [1.807, 2.05) is 0 Å². The van der Waals surface area contributed by atoms with Crippen LogP contribution in [0.2, 0.25) is 0 Å². The zero-order valence-corrected chi connectivity index (χ0v) is 13.3. The molecule has 0 aliphatic rings. The van der Waals surface area contributed by atoms with Gasteiger partial charge in [-0.05, 0) is 0 Å². The molecule has 0 aromatic rings. The van der Waals surface area contributed by atoms with Crippen LogP contribution in [0.25, 0.3) is 0 Å². The van der Waals surface area contributed by atoms with E-state index >= 15 is 0 Å². The first-order chi connectivity index (χ1) is 5.00. The van der Waals surface area contributed by atoms with Gasteiger partial charge in [0.05, 0.1) is 0 Å². The third kappa shape index (κ3) is 353. The molecule has 0 N–H and O–H groups in total. The van der Waals surface area contributed by atoms with E-state index < -0.39 is 11.4 Å². The van der Waals surface area contributed by atoms with Crippen LogP contribution in [0.5, 0.6) is 0 Å². The minimum atomic E-state index is -3.72. The van der Waals surface area contributed by atoms with Gasteiger partial charge in [0, 0.05) is 21.1 Å². The molecule has 0 unspecified atom stereocenters. The summed E-state index contributed by atoms with van der Waals surface area (Å²) in [5.41, 5.74) is -7.44. The van der Waals surface area contributed by atoms with E-state index in [0.717, 1.165) is 0 Å². The fraction of sp³-hybridized carbons (Fsp3) is 0. The molecule has 5 nitrogen and oxygen atoms in total. The molecule has 0 fully saturated rings. The quantitative estimate of drug-likeness (QED) is 0.233. The Hall–Kier alpha value is 2.55. The fourth-order valence-corrected chi connectivity index (χ4v) is 0. The number of hydrogen-bond donors (Lipinski definition) is 0. The first kappa shape index (κ1) is 24.7. The Balaban J connectivity index is -0.0000000491. The summed E-state index contributed by atoms with van der Waals surface area (Å²) in [4.78, 5) is 37.2. The summed E-state index contributed by atoms with van der Waals surface area (Å²) < 4.78 is 7.83. The van der Waals surface area contributed by atoms with Gasteiger partial charge in [-0.25, -0.2) is 0 Å². The molecule has 0 saturated carbocycles. The third-order valence-electron chi connectivity index (χ3n) is 0. The van der Waals surface area contributed by atoms with E-state index in [4.69, 9.17) is 4.21 Å². The molecule has 0 atom stereocenters. The van der Waals surface area contributed by atoms with E-state index in [1.165, 1.54) is 0 Å². The normalized spacial score (nSPS) is 9.38. The van der Waals surface area contributed by atoms with Crippen LogP contribution in [0.15, 0.2) is 0 Å². The van der Waals surface area contributed by atoms with Gasteiger partial charge in [0.2, 0.25) is 0 Å². The Labute approximate surface area is 116 Å². The molecule has 0 rings (SSSR count). The van der Waals surface area contributed by atoms with Crippen molar-refractivity contribution >= 4 is 72.0 Å². The van der Waals surface area contributed by atoms with Crippen LogP contribution in [-0.2, 0) is 81.7 Å². The molecule has 0 aliphatic carbocycles. The van der Waals surface area contributed by atoms with Gasteiger partial charge >= 0.3 is 0 Å². The second-order valence-electron chi connectivity index (χ2n) is 0.894. The van der Waals surface area contributed by atoms with E-state index in [-0.39, 0.29) is 21.1 Å². The van der Waals surface area contributed by atoms with E-state index in [0.29, 0.717) is 0 Å². The molecule has 0 aromatic heterocycles. The summed E-state index contributed by atoms with van der Waals surface area (Å²) in [6.45, 7) is 0. The first-order valence-electron chi connectivity index (χ1n) is 1.63. The summed E-state index contributed by atoms with van der Waals surface area (Å²) in [5.74, 6) is 0. The Kier molecular flexibility index (Phi) is 23.9. The van der Waals surface area contributed by atoms with E-state index in [9.17, 15) is 19.6 Å². The molecular weight excluding hydrogens is 398 g/mol. The second kappa shape index (κ2) is 12.6. The van der Waals surface area contributed by atoms with Crippen molar-refractivity contribution in [2.75, 3.05) is 0 Å². The van der Waals surface area contributed by atoms with Crippen molar-refractivity contribution in [2.45, 2.75) is 0 Å². The average molecular weight is 398 g/mol. The molecule has 0 amide bonds. The van der Waals surface area contributed by atoms with Crippen LogP contribution in [0.4, 0.5) is 0 Å². The van der Waals surface area contributed by atoms with Gasteiger partial charge in [-0.15, -0.1) is 0 Å². The van der Waals surface area contributed by atoms with Crippen LogP contribution in [0.3, 0.4) is 0 Å². The van der Waals surface area contributed by atoms with Crippen LogP contribution < -0.4 is 19.6 Å². The molecular formula is MoO5P2S5-6. The third-order valence-corrected chi connectivity index (χ3v) is 0. The maximum Gasteiger partial charge on any atom is 0.197 e. The van der Waals surface area contributed by atoms with Crippen molar-refractivity contribution in [3.63, 3.8) is 0 Å². The predicted molar refractivity (Wildman–Crippen MR) is 51.4 cm³/mol. The molecule has 0 heterocycles. The molecule has 82 valence electrons.